The van der Waals surface area contributed by atoms with Crippen molar-refractivity contribution in [3.05, 3.63) is 35.4 Å². The standard InChI is InChI=1S/C15H16ClF3N2O2/c16-9-13(22)20-12-5-7-21(8-6-12)14(23)10-1-3-11(4-2-10)15(17,18)19/h1-4,12H,5-9H2,(H,20,22). The predicted molar refractivity (Wildman–Crippen MR) is 79.2 cm³/mol. The Kier molecular flexibility index (Phi) is 5.51. The molecule has 0 atom stereocenters. The number of nitrogens with zero attached hydrogens (tertiary/aromatic N) is 1. The molecular weight excluding hydrogens is 333 g/mol. The number of hydrogen-bond donors (Lipinski definition) is 1. The van der Waals surface area contributed by atoms with Crippen molar-refractivity contribution < 1.29 is 22.8 Å². The van der Waals surface area contributed by atoms with Gasteiger partial charge in [0.25, 0.3) is 5.91 Å². The highest BCUT2D eigenvalue weighted by Crippen LogP contribution is 2.29. The van der Waals surface area contributed by atoms with E-state index in [1.807, 2.05) is 0 Å². The number of hydrogen-bond acceptors (Lipinski definition) is 2. The molecule has 126 valence electrons. The number of rotatable bonds is 3. The molecule has 1 saturated heterocycles. The lowest BCUT2D eigenvalue weighted by molar-refractivity contribution is -0.137. The Balaban J connectivity index is 1.93. The number of halogens is 4. The number of likely N-dealkylation sites (tertiary alicyclic amines) is 1. The maximum atomic E-state index is 12.5. The second-order valence-electron chi connectivity index (χ2n) is 5.34. The van der Waals surface area contributed by atoms with Crippen LogP contribution in [0.25, 0.3) is 0 Å². The third-order valence-corrected chi connectivity index (χ3v) is 3.97. The summed E-state index contributed by atoms with van der Waals surface area (Å²) >= 11 is 5.42. The molecule has 2 amide bonds. The first kappa shape index (κ1) is 17.6. The van der Waals surface area contributed by atoms with Crippen LogP contribution < -0.4 is 5.32 Å². The van der Waals surface area contributed by atoms with Gasteiger partial charge in [-0.1, -0.05) is 0 Å². The first-order valence-corrected chi connectivity index (χ1v) is 7.66. The van der Waals surface area contributed by atoms with Crippen molar-refractivity contribution in [2.45, 2.75) is 25.1 Å². The molecule has 4 nitrogen and oxygen atoms in total. The Morgan fingerprint density at radius 3 is 2.22 bits per heavy atom. The normalized spacial score (nSPS) is 16.3. The topological polar surface area (TPSA) is 49.4 Å². The molecule has 1 fully saturated rings. The maximum absolute atomic E-state index is 12.5. The number of amides is 2. The summed E-state index contributed by atoms with van der Waals surface area (Å²) < 4.78 is 37.5. The van der Waals surface area contributed by atoms with Gasteiger partial charge in [-0.3, -0.25) is 9.59 Å². The van der Waals surface area contributed by atoms with Gasteiger partial charge in [0, 0.05) is 24.7 Å². The van der Waals surface area contributed by atoms with E-state index >= 15 is 0 Å². The van der Waals surface area contributed by atoms with Crippen LogP contribution in [0.4, 0.5) is 13.2 Å². The minimum Gasteiger partial charge on any atom is -0.352 e. The van der Waals surface area contributed by atoms with Gasteiger partial charge < -0.3 is 10.2 Å². The van der Waals surface area contributed by atoms with Gasteiger partial charge >= 0.3 is 6.18 Å². The second kappa shape index (κ2) is 7.21. The number of carbonyl (C=O) groups excluding carboxylic acids is 2. The molecule has 0 saturated carbocycles. The molecule has 0 spiro atoms. The van der Waals surface area contributed by atoms with Crippen LogP contribution in [0.15, 0.2) is 24.3 Å². The van der Waals surface area contributed by atoms with Crippen LogP contribution in [-0.4, -0.2) is 41.7 Å². The molecular formula is C15H16ClF3N2O2. The molecule has 0 radical (unpaired) electrons. The highest BCUT2D eigenvalue weighted by Gasteiger charge is 2.31. The van der Waals surface area contributed by atoms with Crippen molar-refractivity contribution >= 4 is 23.4 Å². The van der Waals surface area contributed by atoms with E-state index in [4.69, 9.17) is 11.6 Å². The van der Waals surface area contributed by atoms with E-state index in [9.17, 15) is 22.8 Å². The van der Waals surface area contributed by atoms with Crippen LogP contribution in [0, 0.1) is 0 Å². The zero-order valence-corrected chi connectivity index (χ0v) is 13.0. The molecule has 1 aromatic rings. The monoisotopic (exact) mass is 348 g/mol. The summed E-state index contributed by atoms with van der Waals surface area (Å²) in [5.41, 5.74) is -0.558. The van der Waals surface area contributed by atoms with Gasteiger partial charge in [-0.2, -0.15) is 13.2 Å². The lowest BCUT2D eigenvalue weighted by Crippen LogP contribution is -2.46. The average molecular weight is 349 g/mol. The van der Waals surface area contributed by atoms with Crippen LogP contribution in [0.1, 0.15) is 28.8 Å². The minimum atomic E-state index is -4.42. The third kappa shape index (κ3) is 4.60. The van der Waals surface area contributed by atoms with Crippen LogP contribution in [0.3, 0.4) is 0 Å². The number of benzene rings is 1. The fraction of sp³-hybridized carbons (Fsp3) is 0.467. The van der Waals surface area contributed by atoms with Gasteiger partial charge in [-0.25, -0.2) is 0 Å². The predicted octanol–water partition coefficient (Wildman–Crippen LogP) is 2.67. The number of alkyl halides is 4. The molecule has 1 aliphatic rings. The highest BCUT2D eigenvalue weighted by molar-refractivity contribution is 6.27. The van der Waals surface area contributed by atoms with Gasteiger partial charge in [0.05, 0.1) is 5.56 Å². The Labute approximate surface area is 136 Å². The van der Waals surface area contributed by atoms with E-state index in [2.05, 4.69) is 5.32 Å². The molecule has 0 aliphatic carbocycles. The molecule has 1 heterocycles. The Morgan fingerprint density at radius 2 is 1.74 bits per heavy atom. The third-order valence-electron chi connectivity index (χ3n) is 3.73. The fourth-order valence-electron chi connectivity index (χ4n) is 2.48. The van der Waals surface area contributed by atoms with Crippen LogP contribution in [0.5, 0.6) is 0 Å². The molecule has 0 aromatic heterocycles. The van der Waals surface area contributed by atoms with Crippen molar-refractivity contribution in [1.29, 1.82) is 0 Å². The smallest absolute Gasteiger partial charge is 0.352 e. The summed E-state index contributed by atoms with van der Waals surface area (Å²) in [6, 6.07) is 4.15. The van der Waals surface area contributed by atoms with E-state index < -0.39 is 11.7 Å². The fourth-order valence-corrected chi connectivity index (χ4v) is 2.55. The lowest BCUT2D eigenvalue weighted by atomic mass is 10.0. The van der Waals surface area contributed by atoms with Crippen molar-refractivity contribution in [1.82, 2.24) is 10.2 Å². The van der Waals surface area contributed by atoms with Gasteiger partial charge in [0.15, 0.2) is 0 Å². The van der Waals surface area contributed by atoms with Gasteiger partial charge in [-0.05, 0) is 37.1 Å². The van der Waals surface area contributed by atoms with Crippen LogP contribution >= 0.6 is 11.6 Å². The number of nitrogens with one attached hydrogen (secondary N) is 1. The average Bonchev–Trinajstić information content (AvgIpc) is 2.54. The van der Waals surface area contributed by atoms with E-state index in [-0.39, 0.29) is 29.3 Å². The first-order valence-electron chi connectivity index (χ1n) is 7.13. The van der Waals surface area contributed by atoms with Gasteiger partial charge in [0.2, 0.25) is 5.91 Å². The summed E-state index contributed by atoms with van der Waals surface area (Å²) in [7, 11) is 0. The first-order chi connectivity index (χ1) is 10.8. The van der Waals surface area contributed by atoms with Crippen molar-refractivity contribution in [3.63, 3.8) is 0 Å². The number of carbonyl (C=O) groups is 2. The Morgan fingerprint density at radius 1 is 1.17 bits per heavy atom. The number of piperidine rings is 1. The Hall–Kier alpha value is -1.76. The van der Waals surface area contributed by atoms with Gasteiger partial charge in [-0.15, -0.1) is 11.6 Å². The summed E-state index contributed by atoms with van der Waals surface area (Å²) in [5, 5.41) is 2.76. The summed E-state index contributed by atoms with van der Waals surface area (Å²) in [5.74, 6) is -0.662. The molecule has 23 heavy (non-hydrogen) atoms. The van der Waals surface area contributed by atoms with Crippen LogP contribution in [0.2, 0.25) is 0 Å². The van der Waals surface area contributed by atoms with E-state index in [1.165, 1.54) is 12.1 Å². The molecule has 0 unspecified atom stereocenters. The highest BCUT2D eigenvalue weighted by atomic mass is 35.5. The minimum absolute atomic E-state index is 0.0297. The van der Waals surface area contributed by atoms with Crippen molar-refractivity contribution in [3.8, 4) is 0 Å². The molecule has 2 rings (SSSR count). The summed E-state index contributed by atoms with van der Waals surface area (Å²) in [4.78, 5) is 25.1. The Bertz CT molecular complexity index is 567. The van der Waals surface area contributed by atoms with Crippen molar-refractivity contribution in [2.24, 2.45) is 0 Å². The quantitative estimate of drug-likeness (QED) is 0.854. The second-order valence-corrected chi connectivity index (χ2v) is 5.61. The van der Waals surface area contributed by atoms with E-state index in [0.29, 0.717) is 25.9 Å². The van der Waals surface area contributed by atoms with E-state index in [1.54, 1.807) is 4.90 Å². The summed E-state index contributed by atoms with van der Waals surface area (Å²) in [6.45, 7) is 0.875. The zero-order chi connectivity index (χ0) is 17.0. The molecule has 1 aromatic carbocycles. The van der Waals surface area contributed by atoms with Crippen molar-refractivity contribution in [2.75, 3.05) is 19.0 Å². The molecule has 1 N–H and O–H groups in total. The van der Waals surface area contributed by atoms with Gasteiger partial charge in [0.1, 0.15) is 5.88 Å². The molecule has 1 aliphatic heterocycles. The molecule has 0 bridgehead atoms. The van der Waals surface area contributed by atoms with E-state index in [0.717, 1.165) is 12.1 Å². The lowest BCUT2D eigenvalue weighted by Gasteiger charge is -2.32. The van der Waals surface area contributed by atoms with Crippen LogP contribution in [-0.2, 0) is 11.0 Å². The molecule has 8 heteroatoms. The largest absolute Gasteiger partial charge is 0.416 e. The maximum Gasteiger partial charge on any atom is 0.416 e. The zero-order valence-electron chi connectivity index (χ0n) is 12.2. The summed E-state index contributed by atoms with van der Waals surface area (Å²) in [6.07, 6.45) is -3.23. The SMILES string of the molecule is O=C(CCl)NC1CCN(C(=O)c2ccc(C(F)(F)F)cc2)CC1.